The molecule has 1 aromatic carbocycles. The molecule has 1 aromatic rings. The number of amides is 1. The summed E-state index contributed by atoms with van der Waals surface area (Å²) in [5.41, 5.74) is 0.214. The topological polar surface area (TPSA) is 92.3 Å². The molecule has 0 unspecified atom stereocenters. The highest BCUT2D eigenvalue weighted by atomic mass is 127. The van der Waals surface area contributed by atoms with E-state index in [-0.39, 0.29) is 0 Å². The number of carbonyl (C=O) groups is 2. The maximum absolute atomic E-state index is 12.1. The average Bonchev–Trinajstić information content (AvgIpc) is 2.63. The van der Waals surface area contributed by atoms with Gasteiger partial charge in [-0.1, -0.05) is 0 Å². The minimum atomic E-state index is -0.852. The number of aryl methyl sites for hydroxylation is 1. The van der Waals surface area contributed by atoms with E-state index in [0.29, 0.717) is 30.1 Å². The molecule has 0 spiro atoms. The molecule has 1 amide bonds. The Kier molecular flexibility index (Phi) is 9.12. The first kappa shape index (κ1) is 24.1. The fourth-order valence-electron chi connectivity index (χ4n) is 2.49. The number of benzene rings is 1. The second kappa shape index (κ2) is 10.6. The lowest BCUT2D eigenvalue weighted by atomic mass is 10.0. The van der Waals surface area contributed by atoms with Crippen molar-refractivity contribution in [3.63, 3.8) is 0 Å². The summed E-state index contributed by atoms with van der Waals surface area (Å²) in [6, 6.07) is 0.972. The van der Waals surface area contributed by atoms with Crippen LogP contribution in [-0.4, -0.2) is 52.1 Å². The van der Waals surface area contributed by atoms with E-state index in [1.165, 1.54) is 21.3 Å². The lowest BCUT2D eigenvalue weighted by molar-refractivity contribution is -0.143. The Morgan fingerprint density at radius 2 is 1.68 bits per heavy atom. The highest BCUT2D eigenvalue weighted by molar-refractivity contribution is 14.1. The first-order valence-corrected chi connectivity index (χ1v) is 9.70. The summed E-state index contributed by atoms with van der Waals surface area (Å²) in [4.78, 5) is 24.2. The minimum absolute atomic E-state index is 0.306. The normalized spacial score (nSPS) is 12.0. The van der Waals surface area contributed by atoms with Gasteiger partial charge in [0.1, 0.15) is 11.6 Å². The number of rotatable bonds is 8. The molecule has 1 atom stereocenters. The number of alkyl carbamates (subject to hydrolysis) is 1. The van der Waals surface area contributed by atoms with Crippen LogP contribution in [-0.2, 0) is 20.7 Å². The van der Waals surface area contributed by atoms with Crippen LogP contribution < -0.4 is 19.5 Å². The fraction of sp³-hybridized carbons (Fsp3) is 0.579. The van der Waals surface area contributed by atoms with E-state index in [2.05, 4.69) is 27.9 Å². The molecule has 0 bridgehead atoms. The lowest BCUT2D eigenvalue weighted by Gasteiger charge is -2.23. The highest BCUT2D eigenvalue weighted by Gasteiger charge is 2.26. The zero-order chi connectivity index (χ0) is 21.5. The van der Waals surface area contributed by atoms with E-state index < -0.39 is 23.7 Å². The van der Waals surface area contributed by atoms with Gasteiger partial charge < -0.3 is 29.0 Å². The van der Waals surface area contributed by atoms with Gasteiger partial charge in [0, 0.05) is 0 Å². The molecule has 0 radical (unpaired) electrons. The van der Waals surface area contributed by atoms with Crippen molar-refractivity contribution in [1.29, 1.82) is 0 Å². The van der Waals surface area contributed by atoms with Gasteiger partial charge in [0.15, 0.2) is 11.5 Å². The van der Waals surface area contributed by atoms with E-state index >= 15 is 0 Å². The Morgan fingerprint density at radius 3 is 2.14 bits per heavy atom. The Bertz CT molecular complexity index is 701. The second-order valence-electron chi connectivity index (χ2n) is 6.88. The van der Waals surface area contributed by atoms with E-state index in [1.54, 1.807) is 27.9 Å². The van der Waals surface area contributed by atoms with Crippen LogP contribution in [0.5, 0.6) is 17.2 Å². The van der Waals surface area contributed by atoms with Gasteiger partial charge in [-0.05, 0) is 67.8 Å². The molecule has 0 aliphatic rings. The van der Waals surface area contributed by atoms with Gasteiger partial charge in [-0.2, -0.15) is 0 Å². The van der Waals surface area contributed by atoms with Gasteiger partial charge in [-0.15, -0.1) is 0 Å². The fourth-order valence-corrected chi connectivity index (χ4v) is 3.39. The van der Waals surface area contributed by atoms with Crippen molar-refractivity contribution in [3.05, 3.63) is 15.2 Å². The Balaban J connectivity index is 3.04. The Hall–Kier alpha value is -1.91. The first-order chi connectivity index (χ1) is 13.1. The van der Waals surface area contributed by atoms with Gasteiger partial charge in [0.2, 0.25) is 5.75 Å². The first-order valence-electron chi connectivity index (χ1n) is 8.62. The summed E-state index contributed by atoms with van der Waals surface area (Å²) in [5.74, 6) is 1.01. The Morgan fingerprint density at radius 1 is 1.07 bits per heavy atom. The quantitative estimate of drug-likeness (QED) is 0.425. The van der Waals surface area contributed by atoms with Crippen molar-refractivity contribution < 1.29 is 33.3 Å². The molecule has 28 heavy (non-hydrogen) atoms. The molecule has 0 aliphatic carbocycles. The van der Waals surface area contributed by atoms with Crippen LogP contribution in [0.25, 0.3) is 0 Å². The van der Waals surface area contributed by atoms with Crippen LogP contribution in [0.4, 0.5) is 4.79 Å². The van der Waals surface area contributed by atoms with Crippen molar-refractivity contribution in [1.82, 2.24) is 5.32 Å². The maximum atomic E-state index is 12.1. The largest absolute Gasteiger partial charge is 0.493 e. The molecule has 0 saturated carbocycles. The number of halogens is 1. The molecular formula is C19H28INO7. The number of nitrogens with one attached hydrogen (secondary N) is 1. The lowest BCUT2D eigenvalue weighted by Crippen LogP contribution is -2.44. The maximum Gasteiger partial charge on any atom is 0.408 e. The predicted octanol–water partition coefficient (Wildman–Crippen LogP) is 3.32. The number of ether oxygens (including phenoxy) is 5. The molecule has 0 aliphatic heterocycles. The number of carbonyl (C=O) groups excluding carboxylic acids is 2. The average molecular weight is 509 g/mol. The molecule has 0 heterocycles. The van der Waals surface area contributed by atoms with Crippen molar-refractivity contribution >= 4 is 34.7 Å². The van der Waals surface area contributed by atoms with E-state index in [0.717, 1.165) is 9.13 Å². The summed E-state index contributed by atoms with van der Waals surface area (Å²) in [6.07, 6.45) is 0.0907. The van der Waals surface area contributed by atoms with E-state index in [4.69, 9.17) is 23.7 Å². The molecule has 0 aromatic heterocycles. The predicted molar refractivity (Wildman–Crippen MR) is 112 cm³/mol. The zero-order valence-corrected chi connectivity index (χ0v) is 19.5. The van der Waals surface area contributed by atoms with Gasteiger partial charge >= 0.3 is 12.1 Å². The smallest absolute Gasteiger partial charge is 0.408 e. The van der Waals surface area contributed by atoms with Crippen LogP contribution >= 0.6 is 22.6 Å². The van der Waals surface area contributed by atoms with Crippen molar-refractivity contribution in [3.8, 4) is 17.2 Å². The highest BCUT2D eigenvalue weighted by Crippen LogP contribution is 2.42. The van der Waals surface area contributed by atoms with E-state index in [1.807, 2.05) is 6.07 Å². The number of hydrogen-bond acceptors (Lipinski definition) is 7. The molecule has 1 rings (SSSR count). The van der Waals surface area contributed by atoms with Gasteiger partial charge in [0.25, 0.3) is 0 Å². The molecule has 9 heteroatoms. The van der Waals surface area contributed by atoms with E-state index in [9.17, 15) is 9.59 Å². The third kappa shape index (κ3) is 6.61. The Labute approximate surface area is 179 Å². The van der Waals surface area contributed by atoms with Gasteiger partial charge in [0.05, 0.1) is 32.0 Å². The van der Waals surface area contributed by atoms with Gasteiger partial charge in [-0.3, -0.25) is 0 Å². The van der Waals surface area contributed by atoms with Gasteiger partial charge in [-0.25, -0.2) is 9.59 Å². The monoisotopic (exact) mass is 509 g/mol. The molecular weight excluding hydrogens is 481 g/mol. The second-order valence-corrected chi connectivity index (χ2v) is 7.96. The SMILES string of the molecule is COC(=O)[C@H](CCc1cc(OC)c(OC)c(OC)c1I)NC(=O)OC(C)(C)C. The number of esters is 1. The van der Waals surface area contributed by atoms with Crippen LogP contribution in [0.15, 0.2) is 6.07 Å². The van der Waals surface area contributed by atoms with Crippen LogP contribution in [0.1, 0.15) is 32.8 Å². The third-order valence-corrected chi connectivity index (χ3v) is 4.91. The zero-order valence-electron chi connectivity index (χ0n) is 17.3. The van der Waals surface area contributed by atoms with Crippen molar-refractivity contribution in [2.45, 2.75) is 45.3 Å². The minimum Gasteiger partial charge on any atom is -0.493 e. The van der Waals surface area contributed by atoms with Crippen LogP contribution in [0, 0.1) is 3.57 Å². The molecule has 1 N–H and O–H groups in total. The van der Waals surface area contributed by atoms with Crippen molar-refractivity contribution in [2.75, 3.05) is 28.4 Å². The number of methoxy groups -OCH3 is 4. The van der Waals surface area contributed by atoms with Crippen LogP contribution in [0.3, 0.4) is 0 Å². The standard InChI is InChI=1S/C19H28INO7/c1-19(2,3)28-18(23)21-12(17(22)27-7)9-8-11-10-13(24-4)15(25-5)16(26-6)14(11)20/h10,12H,8-9H2,1-7H3,(H,21,23)/t12-/m0/s1. The summed E-state index contributed by atoms with van der Waals surface area (Å²) < 4.78 is 27.1. The molecule has 0 saturated heterocycles. The number of hydrogen-bond donors (Lipinski definition) is 1. The molecule has 158 valence electrons. The van der Waals surface area contributed by atoms with Crippen LogP contribution in [0.2, 0.25) is 0 Å². The molecule has 0 fully saturated rings. The summed E-state index contributed by atoms with van der Waals surface area (Å²) in [7, 11) is 5.89. The third-order valence-electron chi connectivity index (χ3n) is 3.72. The molecule has 8 nitrogen and oxygen atoms in total. The summed E-state index contributed by atoms with van der Waals surface area (Å²) in [5, 5.41) is 2.57. The van der Waals surface area contributed by atoms with Crippen molar-refractivity contribution in [2.24, 2.45) is 0 Å². The summed E-state index contributed by atoms with van der Waals surface area (Å²) in [6.45, 7) is 5.24. The summed E-state index contributed by atoms with van der Waals surface area (Å²) >= 11 is 2.15.